The fourth-order valence-corrected chi connectivity index (χ4v) is 5.33. The van der Waals surface area contributed by atoms with Gasteiger partial charge in [0.25, 0.3) is 0 Å². The van der Waals surface area contributed by atoms with Crippen molar-refractivity contribution in [2.24, 2.45) is 4.99 Å². The quantitative estimate of drug-likeness (QED) is 0.769. The molecule has 2 aliphatic heterocycles. The fourth-order valence-electron chi connectivity index (χ4n) is 4.33. The molecule has 3 aliphatic rings. The Balaban J connectivity index is 1.60. The van der Waals surface area contributed by atoms with Gasteiger partial charge in [0.15, 0.2) is 5.17 Å². The zero-order chi connectivity index (χ0) is 17.6. The predicted molar refractivity (Wildman–Crippen MR) is 101 cm³/mol. The highest BCUT2D eigenvalue weighted by Crippen LogP contribution is 2.45. The molecule has 0 radical (unpaired) electrons. The van der Waals surface area contributed by atoms with Gasteiger partial charge in [-0.15, -0.1) is 0 Å². The Labute approximate surface area is 153 Å². The van der Waals surface area contributed by atoms with E-state index in [1.165, 1.54) is 60.6 Å². The number of nitrogens with zero attached hydrogens (tertiary/aromatic N) is 3. The van der Waals surface area contributed by atoms with E-state index in [1.54, 1.807) is 11.8 Å². The lowest BCUT2D eigenvalue weighted by Crippen LogP contribution is -2.38. The SMILES string of the molecule is COC(=O)CCn1c(C)cc(C2=CSC3=N[C@@H]4CCCC[C@H]4N23)c1C. The van der Waals surface area contributed by atoms with Crippen LogP contribution in [0.15, 0.2) is 16.5 Å². The lowest BCUT2D eigenvalue weighted by molar-refractivity contribution is -0.140. The van der Waals surface area contributed by atoms with Crippen LogP contribution >= 0.6 is 11.8 Å². The first-order valence-electron chi connectivity index (χ1n) is 9.08. The number of ether oxygens (including phenoxy) is 1. The van der Waals surface area contributed by atoms with E-state index in [2.05, 4.69) is 34.8 Å². The van der Waals surface area contributed by atoms with Crippen LogP contribution in [0, 0.1) is 13.8 Å². The summed E-state index contributed by atoms with van der Waals surface area (Å²) < 4.78 is 7.01. The third-order valence-corrected chi connectivity index (χ3v) is 6.51. The minimum absolute atomic E-state index is 0.163. The molecular weight excluding hydrogens is 334 g/mol. The van der Waals surface area contributed by atoms with E-state index < -0.39 is 0 Å². The van der Waals surface area contributed by atoms with Crippen LogP contribution < -0.4 is 0 Å². The minimum Gasteiger partial charge on any atom is -0.469 e. The van der Waals surface area contributed by atoms with E-state index >= 15 is 0 Å². The van der Waals surface area contributed by atoms with Gasteiger partial charge in [-0.05, 0) is 32.8 Å². The number of aromatic nitrogens is 1. The van der Waals surface area contributed by atoms with Gasteiger partial charge in [-0.25, -0.2) is 0 Å². The monoisotopic (exact) mass is 359 g/mol. The van der Waals surface area contributed by atoms with Gasteiger partial charge >= 0.3 is 5.97 Å². The number of rotatable bonds is 4. The number of aliphatic imine (C=N–C) groups is 1. The van der Waals surface area contributed by atoms with Crippen molar-refractivity contribution in [1.82, 2.24) is 9.47 Å². The van der Waals surface area contributed by atoms with E-state index in [0.717, 1.165) is 0 Å². The van der Waals surface area contributed by atoms with Crippen molar-refractivity contribution in [2.75, 3.05) is 7.11 Å². The average molecular weight is 359 g/mol. The largest absolute Gasteiger partial charge is 0.469 e. The molecule has 1 saturated carbocycles. The van der Waals surface area contributed by atoms with Crippen LogP contribution in [0.5, 0.6) is 0 Å². The molecule has 0 N–H and O–H groups in total. The standard InChI is InChI=1S/C19H25N3O2S/c1-12-10-14(13(2)21(12)9-8-18(23)24-3)17-11-25-19-20-15-6-4-5-7-16(15)22(17)19/h10-11,15-16H,4-9H2,1-3H3/t15-,16-/m1/s1. The molecule has 2 atom stereocenters. The number of carbonyl (C=O) groups excluding carboxylic acids is 1. The molecule has 134 valence electrons. The van der Waals surface area contributed by atoms with Crippen LogP contribution in [0.2, 0.25) is 0 Å². The van der Waals surface area contributed by atoms with Crippen molar-refractivity contribution in [3.63, 3.8) is 0 Å². The molecule has 1 aromatic rings. The van der Waals surface area contributed by atoms with Gasteiger partial charge in [-0.3, -0.25) is 9.79 Å². The van der Waals surface area contributed by atoms with Crippen LogP contribution in [0.1, 0.15) is 49.1 Å². The van der Waals surface area contributed by atoms with E-state index in [1.807, 2.05) is 0 Å². The number of esters is 1. The lowest BCUT2D eigenvalue weighted by Gasteiger charge is -2.32. The van der Waals surface area contributed by atoms with Crippen molar-refractivity contribution in [3.8, 4) is 0 Å². The number of thioether (sulfide) groups is 1. The summed E-state index contributed by atoms with van der Waals surface area (Å²) in [6, 6.07) is 3.25. The molecule has 6 heteroatoms. The Bertz CT molecular complexity index is 765. The molecule has 0 aromatic carbocycles. The number of methoxy groups -OCH3 is 1. The number of hydrogen-bond acceptors (Lipinski definition) is 5. The molecule has 0 unspecified atom stereocenters. The molecule has 0 bridgehead atoms. The number of aryl methyl sites for hydroxylation is 1. The summed E-state index contributed by atoms with van der Waals surface area (Å²) in [7, 11) is 1.44. The molecule has 4 rings (SSSR count). The normalized spacial score (nSPS) is 24.7. The molecule has 25 heavy (non-hydrogen) atoms. The first kappa shape index (κ1) is 16.8. The topological polar surface area (TPSA) is 46.8 Å². The Hall–Kier alpha value is -1.69. The van der Waals surface area contributed by atoms with Crippen LogP contribution in [0.25, 0.3) is 5.70 Å². The van der Waals surface area contributed by atoms with Crippen LogP contribution in [-0.2, 0) is 16.1 Å². The van der Waals surface area contributed by atoms with Gasteiger partial charge < -0.3 is 14.2 Å². The number of carbonyl (C=O) groups is 1. The van der Waals surface area contributed by atoms with E-state index in [9.17, 15) is 4.79 Å². The van der Waals surface area contributed by atoms with Crippen molar-refractivity contribution in [2.45, 2.75) is 64.6 Å². The second-order valence-corrected chi connectivity index (χ2v) is 7.92. The molecule has 0 saturated heterocycles. The Morgan fingerprint density at radius 1 is 1.36 bits per heavy atom. The van der Waals surface area contributed by atoms with Crippen LogP contribution in [0.3, 0.4) is 0 Å². The minimum atomic E-state index is -0.163. The molecule has 1 aromatic heterocycles. The number of amidine groups is 1. The highest BCUT2D eigenvalue weighted by Gasteiger charge is 2.42. The van der Waals surface area contributed by atoms with Gasteiger partial charge in [0.2, 0.25) is 0 Å². The number of fused-ring (bicyclic) bond motifs is 3. The summed E-state index contributed by atoms with van der Waals surface area (Å²) in [6.45, 7) is 4.92. The predicted octanol–water partition coefficient (Wildman–Crippen LogP) is 3.70. The third-order valence-electron chi connectivity index (χ3n) is 5.66. The summed E-state index contributed by atoms with van der Waals surface area (Å²) in [5.41, 5.74) is 4.96. The Morgan fingerprint density at radius 3 is 2.96 bits per heavy atom. The van der Waals surface area contributed by atoms with Crippen LogP contribution in [0.4, 0.5) is 0 Å². The Kier molecular flexibility index (Phi) is 4.40. The highest BCUT2D eigenvalue weighted by atomic mass is 32.2. The van der Waals surface area contributed by atoms with Gasteiger partial charge in [0, 0.05) is 28.9 Å². The van der Waals surface area contributed by atoms with Crippen LogP contribution in [-0.4, -0.2) is 39.8 Å². The zero-order valence-electron chi connectivity index (χ0n) is 15.1. The highest BCUT2D eigenvalue weighted by molar-refractivity contribution is 8.16. The number of hydrogen-bond donors (Lipinski definition) is 0. The molecule has 1 fully saturated rings. The smallest absolute Gasteiger partial charge is 0.307 e. The lowest BCUT2D eigenvalue weighted by atomic mass is 9.90. The van der Waals surface area contributed by atoms with Crippen molar-refractivity contribution in [3.05, 3.63) is 28.4 Å². The van der Waals surface area contributed by atoms with E-state index in [-0.39, 0.29) is 5.97 Å². The second-order valence-electron chi connectivity index (χ2n) is 7.08. The fraction of sp³-hybridized carbons (Fsp3) is 0.579. The summed E-state index contributed by atoms with van der Waals surface area (Å²) in [6.07, 6.45) is 5.46. The molecule has 0 spiro atoms. The van der Waals surface area contributed by atoms with Crippen molar-refractivity contribution >= 4 is 28.6 Å². The second kappa shape index (κ2) is 6.56. The first-order valence-corrected chi connectivity index (χ1v) is 9.96. The first-order chi connectivity index (χ1) is 12.1. The van der Waals surface area contributed by atoms with Gasteiger partial charge in [-0.1, -0.05) is 24.6 Å². The molecule has 1 aliphatic carbocycles. The Morgan fingerprint density at radius 2 is 2.16 bits per heavy atom. The summed E-state index contributed by atoms with van der Waals surface area (Å²) in [4.78, 5) is 18.9. The maximum Gasteiger partial charge on any atom is 0.307 e. The molecule has 3 heterocycles. The summed E-state index contributed by atoms with van der Waals surface area (Å²) >= 11 is 1.76. The average Bonchev–Trinajstić information content (AvgIpc) is 3.25. The van der Waals surface area contributed by atoms with Gasteiger partial charge in [0.1, 0.15) is 0 Å². The van der Waals surface area contributed by atoms with Gasteiger partial charge in [0.05, 0.1) is 31.3 Å². The maximum atomic E-state index is 11.5. The molecule has 0 amide bonds. The summed E-state index contributed by atoms with van der Waals surface area (Å²) in [5, 5.41) is 3.42. The third kappa shape index (κ3) is 2.80. The zero-order valence-corrected chi connectivity index (χ0v) is 15.9. The van der Waals surface area contributed by atoms with Crippen molar-refractivity contribution < 1.29 is 9.53 Å². The van der Waals surface area contributed by atoms with Gasteiger partial charge in [-0.2, -0.15) is 0 Å². The van der Waals surface area contributed by atoms with E-state index in [0.29, 0.717) is 25.0 Å². The molecule has 5 nitrogen and oxygen atoms in total. The van der Waals surface area contributed by atoms with Crippen molar-refractivity contribution in [1.29, 1.82) is 0 Å². The summed E-state index contributed by atoms with van der Waals surface area (Å²) in [5.74, 6) is -0.163. The maximum absolute atomic E-state index is 11.5. The molecular formula is C19H25N3O2S. The van der Waals surface area contributed by atoms with E-state index in [4.69, 9.17) is 9.73 Å².